The number of nitrogens with one attached hydrogen (secondary N) is 1. The molecular formula is C19H21ClN6OS. The van der Waals surface area contributed by atoms with E-state index < -0.39 is 0 Å². The third-order valence-electron chi connectivity index (χ3n) is 4.86. The maximum absolute atomic E-state index is 12.9. The van der Waals surface area contributed by atoms with Crippen LogP contribution in [0.2, 0.25) is 5.02 Å². The van der Waals surface area contributed by atoms with E-state index in [-0.39, 0.29) is 5.91 Å². The largest absolute Gasteiger partial charge is 0.353 e. The molecule has 0 atom stereocenters. The van der Waals surface area contributed by atoms with Crippen LogP contribution in [0.5, 0.6) is 0 Å². The van der Waals surface area contributed by atoms with Crippen LogP contribution in [-0.2, 0) is 0 Å². The zero-order chi connectivity index (χ0) is 19.8. The van der Waals surface area contributed by atoms with Gasteiger partial charge in [0.1, 0.15) is 22.3 Å². The summed E-state index contributed by atoms with van der Waals surface area (Å²) >= 11 is 7.26. The van der Waals surface area contributed by atoms with Crippen LogP contribution in [0.1, 0.15) is 21.1 Å². The Balaban J connectivity index is 1.70. The number of amides is 1. The maximum atomic E-state index is 12.9. The van der Waals surface area contributed by atoms with Gasteiger partial charge in [0.2, 0.25) is 0 Å². The number of carbonyl (C=O) groups is 1. The van der Waals surface area contributed by atoms with Crippen molar-refractivity contribution in [2.45, 2.75) is 13.8 Å². The molecule has 7 nitrogen and oxygen atoms in total. The Morgan fingerprint density at radius 1 is 1.18 bits per heavy atom. The first-order chi connectivity index (χ1) is 13.4. The zero-order valence-electron chi connectivity index (χ0n) is 16.0. The van der Waals surface area contributed by atoms with Gasteiger partial charge in [-0.1, -0.05) is 11.6 Å². The minimum atomic E-state index is -0.197. The molecule has 3 aromatic heterocycles. The molecule has 0 radical (unpaired) electrons. The highest BCUT2D eigenvalue weighted by Crippen LogP contribution is 2.36. The monoisotopic (exact) mass is 416 g/mol. The van der Waals surface area contributed by atoms with Gasteiger partial charge in [0.15, 0.2) is 0 Å². The number of likely N-dealkylation sites (N-methyl/N-ethyl adjacent to an activating group) is 1. The van der Waals surface area contributed by atoms with Gasteiger partial charge >= 0.3 is 0 Å². The van der Waals surface area contributed by atoms with Gasteiger partial charge in [0.05, 0.1) is 15.3 Å². The Labute approximate surface area is 172 Å². The highest BCUT2D eigenvalue weighted by Gasteiger charge is 2.24. The van der Waals surface area contributed by atoms with Crippen LogP contribution in [0.4, 0.5) is 11.6 Å². The van der Waals surface area contributed by atoms with Crippen molar-refractivity contribution >= 4 is 50.7 Å². The molecule has 28 heavy (non-hydrogen) atoms. The highest BCUT2D eigenvalue weighted by molar-refractivity contribution is 7.20. The predicted octanol–water partition coefficient (Wildman–Crippen LogP) is 3.36. The quantitative estimate of drug-likeness (QED) is 0.705. The second kappa shape index (κ2) is 7.62. The lowest BCUT2D eigenvalue weighted by Crippen LogP contribution is -2.45. The third kappa shape index (κ3) is 3.67. The van der Waals surface area contributed by atoms with Crippen molar-refractivity contribution in [3.05, 3.63) is 39.6 Å². The van der Waals surface area contributed by atoms with E-state index in [0.29, 0.717) is 21.5 Å². The molecule has 0 unspecified atom stereocenters. The summed E-state index contributed by atoms with van der Waals surface area (Å²) in [5.41, 5.74) is 0.903. The predicted molar refractivity (Wildman–Crippen MR) is 114 cm³/mol. The number of halogens is 1. The van der Waals surface area contributed by atoms with Crippen LogP contribution in [-0.4, -0.2) is 59.0 Å². The van der Waals surface area contributed by atoms with Crippen LogP contribution in [0.15, 0.2) is 18.3 Å². The number of hydrogen-bond donors (Lipinski definition) is 1. The van der Waals surface area contributed by atoms with Crippen molar-refractivity contribution < 1.29 is 4.79 Å². The lowest BCUT2D eigenvalue weighted by atomic mass is 10.1. The van der Waals surface area contributed by atoms with E-state index in [0.717, 1.165) is 47.8 Å². The minimum Gasteiger partial charge on any atom is -0.353 e. The van der Waals surface area contributed by atoms with E-state index in [9.17, 15) is 4.79 Å². The fourth-order valence-electron chi connectivity index (χ4n) is 3.31. The summed E-state index contributed by atoms with van der Waals surface area (Å²) in [6.07, 6.45) is 1.51. The molecule has 1 aliphatic rings. The second-order valence-corrected chi connectivity index (χ2v) is 8.37. The first kappa shape index (κ1) is 19.0. The average Bonchev–Trinajstić information content (AvgIpc) is 3.00. The number of fused-ring (bicyclic) bond motifs is 1. The topological polar surface area (TPSA) is 74.2 Å². The molecular weight excluding hydrogens is 396 g/mol. The van der Waals surface area contributed by atoms with Crippen LogP contribution >= 0.6 is 22.9 Å². The molecule has 0 spiro atoms. The van der Waals surface area contributed by atoms with E-state index in [2.05, 4.69) is 32.1 Å². The molecule has 4 rings (SSSR count). The number of aryl methyl sites for hydroxylation is 2. The van der Waals surface area contributed by atoms with Crippen molar-refractivity contribution in [3.8, 4) is 0 Å². The standard InChI is InChI=1S/C19H21ClN6OS/c1-11-15-17(26-8-6-25(3)7-9-26)22-12(2)23-19(15)28-16(11)18(27)24-14-5-4-13(20)10-21-14/h4-5,10H,6-9H2,1-3H3,(H,21,24,27). The molecule has 1 N–H and O–H groups in total. The summed E-state index contributed by atoms with van der Waals surface area (Å²) in [7, 11) is 2.13. The number of carbonyl (C=O) groups excluding carboxylic acids is 1. The molecule has 1 aliphatic heterocycles. The SMILES string of the molecule is Cc1nc(N2CCN(C)CC2)c2c(C)c(C(=O)Nc3ccc(Cl)cn3)sc2n1. The molecule has 3 aromatic rings. The Kier molecular flexibility index (Phi) is 5.18. The lowest BCUT2D eigenvalue weighted by Gasteiger charge is -2.33. The molecule has 1 fully saturated rings. The summed E-state index contributed by atoms with van der Waals surface area (Å²) in [6, 6.07) is 3.38. The Morgan fingerprint density at radius 2 is 1.93 bits per heavy atom. The Hall–Kier alpha value is -2.29. The van der Waals surface area contributed by atoms with Crippen molar-refractivity contribution in [2.75, 3.05) is 43.4 Å². The molecule has 0 bridgehead atoms. The fourth-order valence-corrected chi connectivity index (χ4v) is 4.54. The van der Waals surface area contributed by atoms with Crippen LogP contribution < -0.4 is 10.2 Å². The summed E-state index contributed by atoms with van der Waals surface area (Å²) in [5, 5.41) is 4.33. The zero-order valence-corrected chi connectivity index (χ0v) is 17.6. The maximum Gasteiger partial charge on any atom is 0.267 e. The number of hydrogen-bond acceptors (Lipinski definition) is 7. The van der Waals surface area contributed by atoms with Crippen LogP contribution in [0.3, 0.4) is 0 Å². The number of rotatable bonds is 3. The molecule has 1 amide bonds. The first-order valence-corrected chi connectivity index (χ1v) is 10.3. The molecule has 0 aliphatic carbocycles. The molecule has 1 saturated heterocycles. The van der Waals surface area contributed by atoms with Crippen molar-refractivity contribution in [2.24, 2.45) is 0 Å². The highest BCUT2D eigenvalue weighted by atomic mass is 35.5. The van der Waals surface area contributed by atoms with E-state index in [1.807, 2.05) is 13.8 Å². The van der Waals surface area contributed by atoms with Crippen molar-refractivity contribution in [1.82, 2.24) is 19.9 Å². The van der Waals surface area contributed by atoms with Gasteiger partial charge in [-0.05, 0) is 38.6 Å². The van der Waals surface area contributed by atoms with E-state index in [1.54, 1.807) is 12.1 Å². The molecule has 4 heterocycles. The average molecular weight is 417 g/mol. The van der Waals surface area contributed by atoms with E-state index >= 15 is 0 Å². The van der Waals surface area contributed by atoms with Gasteiger partial charge in [0, 0.05) is 32.4 Å². The number of piperazine rings is 1. The summed E-state index contributed by atoms with van der Waals surface area (Å²) in [5.74, 6) is 1.91. The van der Waals surface area contributed by atoms with Crippen molar-refractivity contribution in [1.29, 1.82) is 0 Å². The molecule has 0 saturated carbocycles. The Bertz CT molecular complexity index is 1030. The second-order valence-electron chi connectivity index (χ2n) is 6.94. The van der Waals surface area contributed by atoms with Gasteiger partial charge in [-0.25, -0.2) is 15.0 Å². The molecule has 9 heteroatoms. The number of aromatic nitrogens is 3. The van der Waals surface area contributed by atoms with Crippen LogP contribution in [0, 0.1) is 13.8 Å². The normalized spacial score (nSPS) is 15.2. The summed E-state index contributed by atoms with van der Waals surface area (Å²) < 4.78 is 0. The van der Waals surface area contributed by atoms with Crippen LogP contribution in [0.25, 0.3) is 10.2 Å². The Morgan fingerprint density at radius 3 is 2.61 bits per heavy atom. The van der Waals surface area contributed by atoms with Crippen molar-refractivity contribution in [3.63, 3.8) is 0 Å². The van der Waals surface area contributed by atoms with Gasteiger partial charge in [0.25, 0.3) is 5.91 Å². The number of anilines is 2. The summed E-state index contributed by atoms with van der Waals surface area (Å²) in [6.45, 7) is 7.65. The molecule has 0 aromatic carbocycles. The number of pyridine rings is 1. The lowest BCUT2D eigenvalue weighted by molar-refractivity contribution is 0.102. The minimum absolute atomic E-state index is 0.197. The third-order valence-corrected chi connectivity index (χ3v) is 6.27. The fraction of sp³-hybridized carbons (Fsp3) is 0.368. The first-order valence-electron chi connectivity index (χ1n) is 9.06. The number of nitrogens with zero attached hydrogens (tertiary/aromatic N) is 5. The van der Waals surface area contributed by atoms with E-state index in [1.165, 1.54) is 17.5 Å². The summed E-state index contributed by atoms with van der Waals surface area (Å²) in [4.78, 5) is 32.4. The van der Waals surface area contributed by atoms with Gasteiger partial charge in [-0.2, -0.15) is 0 Å². The molecule has 146 valence electrons. The van der Waals surface area contributed by atoms with Gasteiger partial charge in [-0.15, -0.1) is 11.3 Å². The van der Waals surface area contributed by atoms with Gasteiger partial charge < -0.3 is 15.1 Å². The number of thiophene rings is 1. The van der Waals surface area contributed by atoms with Gasteiger partial charge in [-0.3, -0.25) is 4.79 Å². The van der Waals surface area contributed by atoms with E-state index in [4.69, 9.17) is 16.6 Å². The smallest absolute Gasteiger partial charge is 0.267 e.